The highest BCUT2D eigenvalue weighted by Gasteiger charge is 2.28. The molecule has 88 valence electrons. The molecule has 2 N–H and O–H groups in total. The maximum Gasteiger partial charge on any atom is 0.235 e. The molecule has 1 aliphatic heterocycles. The Bertz CT molecular complexity index is 499. The summed E-state index contributed by atoms with van der Waals surface area (Å²) in [5.74, 6) is 0.763. The van der Waals surface area contributed by atoms with Crippen molar-refractivity contribution in [3.05, 3.63) is 18.2 Å². The van der Waals surface area contributed by atoms with E-state index in [2.05, 4.69) is 0 Å². The zero-order valence-electron chi connectivity index (χ0n) is 9.01. The Hall–Kier alpha value is -1.43. The van der Waals surface area contributed by atoms with E-state index in [1.54, 1.807) is 18.2 Å². The summed E-state index contributed by atoms with van der Waals surface area (Å²) in [5.41, 5.74) is 6.80. The van der Waals surface area contributed by atoms with E-state index in [0.717, 1.165) is 0 Å². The van der Waals surface area contributed by atoms with Crippen molar-refractivity contribution in [1.29, 1.82) is 0 Å². The first-order chi connectivity index (χ1) is 7.54. The molecule has 0 spiro atoms. The van der Waals surface area contributed by atoms with E-state index >= 15 is 0 Å². The van der Waals surface area contributed by atoms with E-state index in [-0.39, 0.29) is 5.75 Å². The molecule has 0 bridgehead atoms. The lowest BCUT2D eigenvalue weighted by Gasteiger charge is -2.17. The van der Waals surface area contributed by atoms with Gasteiger partial charge in [-0.2, -0.15) is 0 Å². The summed E-state index contributed by atoms with van der Waals surface area (Å²) in [6.45, 7) is 0.522. The van der Waals surface area contributed by atoms with Gasteiger partial charge in [0.05, 0.1) is 24.2 Å². The van der Waals surface area contributed by atoms with Gasteiger partial charge in [-0.15, -0.1) is 0 Å². The number of nitrogens with two attached hydrogens (primary N) is 1. The van der Waals surface area contributed by atoms with Crippen LogP contribution in [0.5, 0.6) is 5.75 Å². The fourth-order valence-corrected chi connectivity index (χ4v) is 3.36. The van der Waals surface area contributed by atoms with Crippen LogP contribution in [0.4, 0.5) is 11.4 Å². The van der Waals surface area contributed by atoms with Crippen molar-refractivity contribution in [2.24, 2.45) is 0 Å². The Kier molecular flexibility index (Phi) is 2.67. The molecule has 1 heterocycles. The molecule has 1 aliphatic rings. The molecule has 0 radical (unpaired) electrons. The van der Waals surface area contributed by atoms with Gasteiger partial charge in [0.2, 0.25) is 10.0 Å². The van der Waals surface area contributed by atoms with Crippen molar-refractivity contribution in [2.45, 2.75) is 6.42 Å². The van der Waals surface area contributed by atoms with E-state index in [1.165, 1.54) is 11.4 Å². The Labute approximate surface area is 94.9 Å². The van der Waals surface area contributed by atoms with Gasteiger partial charge >= 0.3 is 0 Å². The first kappa shape index (κ1) is 11.1. The normalized spacial score (nSPS) is 18.7. The van der Waals surface area contributed by atoms with Crippen LogP contribution in [-0.2, 0) is 10.0 Å². The van der Waals surface area contributed by atoms with Gasteiger partial charge in [0, 0.05) is 6.54 Å². The highest BCUT2D eigenvalue weighted by atomic mass is 32.2. The second-order valence-corrected chi connectivity index (χ2v) is 5.68. The van der Waals surface area contributed by atoms with Crippen LogP contribution in [0.25, 0.3) is 0 Å². The zero-order valence-corrected chi connectivity index (χ0v) is 9.83. The summed E-state index contributed by atoms with van der Waals surface area (Å²) >= 11 is 0. The molecule has 0 aromatic heterocycles. The number of hydrogen-bond donors (Lipinski definition) is 1. The molecule has 0 amide bonds. The van der Waals surface area contributed by atoms with Crippen molar-refractivity contribution in [3.63, 3.8) is 0 Å². The number of sulfonamides is 1. The van der Waals surface area contributed by atoms with Crippen molar-refractivity contribution >= 4 is 21.4 Å². The van der Waals surface area contributed by atoms with Crippen molar-refractivity contribution in [1.82, 2.24) is 0 Å². The van der Waals surface area contributed by atoms with E-state index in [4.69, 9.17) is 10.5 Å². The standard InChI is InChI=1S/C10H14N2O3S/c1-15-10-4-3-8(7-9(10)11)12-5-2-6-16(12,13)14/h3-4,7H,2,5-6,11H2,1H3. The predicted octanol–water partition coefficient (Wildman–Crippen LogP) is 0.817. The molecule has 5 nitrogen and oxygen atoms in total. The Morgan fingerprint density at radius 2 is 2.19 bits per heavy atom. The summed E-state index contributed by atoms with van der Waals surface area (Å²) in [5, 5.41) is 0. The van der Waals surface area contributed by atoms with Crippen LogP contribution in [0.2, 0.25) is 0 Å². The summed E-state index contributed by atoms with van der Waals surface area (Å²) in [4.78, 5) is 0. The number of methoxy groups -OCH3 is 1. The molecular formula is C10H14N2O3S. The maximum absolute atomic E-state index is 11.7. The minimum absolute atomic E-state index is 0.207. The van der Waals surface area contributed by atoms with Gasteiger partial charge in [0.1, 0.15) is 5.75 Å². The number of benzene rings is 1. The smallest absolute Gasteiger partial charge is 0.235 e. The molecule has 0 saturated carbocycles. The van der Waals surface area contributed by atoms with Gasteiger partial charge in [-0.25, -0.2) is 8.42 Å². The molecule has 16 heavy (non-hydrogen) atoms. The maximum atomic E-state index is 11.7. The lowest BCUT2D eigenvalue weighted by atomic mass is 10.2. The molecule has 0 aliphatic carbocycles. The van der Waals surface area contributed by atoms with Crippen LogP contribution in [0.15, 0.2) is 18.2 Å². The molecule has 1 fully saturated rings. The van der Waals surface area contributed by atoms with E-state index in [1.807, 2.05) is 0 Å². The largest absolute Gasteiger partial charge is 0.495 e. The van der Waals surface area contributed by atoms with Crippen LogP contribution in [-0.4, -0.2) is 27.8 Å². The monoisotopic (exact) mass is 242 g/mol. The quantitative estimate of drug-likeness (QED) is 0.779. The molecule has 1 aromatic carbocycles. The zero-order chi connectivity index (χ0) is 11.8. The van der Waals surface area contributed by atoms with Crippen LogP contribution in [0.3, 0.4) is 0 Å². The number of nitrogen functional groups attached to an aromatic ring is 1. The van der Waals surface area contributed by atoms with Crippen LogP contribution >= 0.6 is 0 Å². The van der Waals surface area contributed by atoms with Crippen LogP contribution in [0, 0.1) is 0 Å². The van der Waals surface area contributed by atoms with Crippen molar-refractivity contribution in [3.8, 4) is 5.75 Å². The minimum atomic E-state index is -3.14. The third kappa shape index (κ3) is 1.80. The molecule has 2 rings (SSSR count). The lowest BCUT2D eigenvalue weighted by Crippen LogP contribution is -2.25. The summed E-state index contributed by atoms with van der Waals surface area (Å²) in [6, 6.07) is 5.01. The lowest BCUT2D eigenvalue weighted by molar-refractivity contribution is 0.417. The number of hydrogen-bond acceptors (Lipinski definition) is 4. The average Bonchev–Trinajstić information content (AvgIpc) is 2.58. The third-order valence-corrected chi connectivity index (χ3v) is 4.47. The Morgan fingerprint density at radius 3 is 2.69 bits per heavy atom. The van der Waals surface area contributed by atoms with E-state index in [9.17, 15) is 8.42 Å². The second kappa shape index (κ2) is 3.86. The van der Waals surface area contributed by atoms with Gasteiger partial charge < -0.3 is 10.5 Å². The fourth-order valence-electron chi connectivity index (χ4n) is 1.81. The summed E-state index contributed by atoms with van der Waals surface area (Å²) < 4.78 is 29.8. The fraction of sp³-hybridized carbons (Fsp3) is 0.400. The molecule has 1 aromatic rings. The minimum Gasteiger partial charge on any atom is -0.495 e. The van der Waals surface area contributed by atoms with Crippen LogP contribution in [0.1, 0.15) is 6.42 Å². The SMILES string of the molecule is COc1ccc(N2CCCS2(=O)=O)cc1N. The first-order valence-electron chi connectivity index (χ1n) is 4.98. The number of rotatable bonds is 2. The number of nitrogens with zero attached hydrogens (tertiary/aromatic N) is 1. The van der Waals surface area contributed by atoms with Gasteiger partial charge in [0.15, 0.2) is 0 Å². The van der Waals surface area contributed by atoms with Crippen molar-refractivity contribution < 1.29 is 13.2 Å². The first-order valence-corrected chi connectivity index (χ1v) is 6.59. The molecule has 6 heteroatoms. The van der Waals surface area contributed by atoms with Gasteiger partial charge in [-0.1, -0.05) is 0 Å². The van der Waals surface area contributed by atoms with Gasteiger partial charge in [-0.3, -0.25) is 4.31 Å². The van der Waals surface area contributed by atoms with E-state index < -0.39 is 10.0 Å². The highest BCUT2D eigenvalue weighted by Crippen LogP contribution is 2.30. The topological polar surface area (TPSA) is 72.6 Å². The van der Waals surface area contributed by atoms with Crippen molar-refractivity contribution in [2.75, 3.05) is 29.4 Å². The second-order valence-electron chi connectivity index (χ2n) is 3.67. The highest BCUT2D eigenvalue weighted by molar-refractivity contribution is 7.93. The summed E-state index contributed by atoms with van der Waals surface area (Å²) in [7, 11) is -1.61. The Balaban J connectivity index is 2.39. The third-order valence-electron chi connectivity index (χ3n) is 2.60. The van der Waals surface area contributed by atoms with E-state index in [0.29, 0.717) is 30.1 Å². The average molecular weight is 242 g/mol. The van der Waals surface area contributed by atoms with Crippen LogP contribution < -0.4 is 14.8 Å². The number of ether oxygens (including phenoxy) is 1. The molecule has 1 saturated heterocycles. The van der Waals surface area contributed by atoms with Gasteiger partial charge in [0.25, 0.3) is 0 Å². The molecule has 0 atom stereocenters. The molecular weight excluding hydrogens is 228 g/mol. The predicted molar refractivity (Wildman–Crippen MR) is 63.2 cm³/mol. The molecule has 0 unspecified atom stereocenters. The summed E-state index contributed by atoms with van der Waals surface area (Å²) in [6.07, 6.45) is 0.661. The Morgan fingerprint density at radius 1 is 1.44 bits per heavy atom. The number of anilines is 2. The van der Waals surface area contributed by atoms with Gasteiger partial charge in [-0.05, 0) is 24.6 Å².